The highest BCUT2D eigenvalue weighted by Gasteiger charge is 2.17. The Morgan fingerprint density at radius 2 is 2.20 bits per heavy atom. The molecule has 1 N–H and O–H groups in total. The van der Waals surface area contributed by atoms with Gasteiger partial charge in [0.25, 0.3) is 11.7 Å². The molecule has 0 aliphatic carbocycles. The molecule has 82 valence electrons. The number of carbonyl (C=O) groups excluding carboxylic acids is 2. The monoisotopic (exact) mass is 245 g/mol. The van der Waals surface area contributed by atoms with Crippen molar-refractivity contribution in [3.63, 3.8) is 0 Å². The van der Waals surface area contributed by atoms with Crippen molar-refractivity contribution in [1.82, 2.24) is 5.32 Å². The summed E-state index contributed by atoms with van der Waals surface area (Å²) >= 11 is 6.79. The van der Waals surface area contributed by atoms with Crippen LogP contribution in [0.3, 0.4) is 0 Å². The van der Waals surface area contributed by atoms with Gasteiger partial charge in [0.1, 0.15) is 0 Å². The minimum absolute atomic E-state index is 0.383. The molecule has 3 nitrogen and oxygen atoms in total. The van der Waals surface area contributed by atoms with Crippen LogP contribution in [0.5, 0.6) is 0 Å². The lowest BCUT2D eigenvalue weighted by molar-refractivity contribution is -0.116. The third-order valence-electron chi connectivity index (χ3n) is 1.82. The maximum atomic E-state index is 11.5. The molecule has 0 aromatic carbocycles. The number of unbranched alkanes of at least 4 members (excludes halogenated alkanes) is 1. The molecule has 5 heteroatoms. The molecule has 1 aromatic rings. The summed E-state index contributed by atoms with van der Waals surface area (Å²) in [7, 11) is 0. The minimum atomic E-state index is -0.554. The largest absolute Gasteiger partial charge is 0.349 e. The first-order chi connectivity index (χ1) is 7.15. The minimum Gasteiger partial charge on any atom is -0.349 e. The number of Topliss-reactive ketones (excluding diaryl/α,β-unsaturated/α-hetero) is 1. The third kappa shape index (κ3) is 3.64. The number of hydrogen-bond donors (Lipinski definition) is 1. The number of thiophene rings is 1. The van der Waals surface area contributed by atoms with Crippen molar-refractivity contribution in [3.05, 3.63) is 21.3 Å². The molecule has 0 aliphatic rings. The van der Waals surface area contributed by atoms with E-state index in [-0.39, 0.29) is 0 Å². The van der Waals surface area contributed by atoms with Gasteiger partial charge in [-0.1, -0.05) is 24.9 Å². The van der Waals surface area contributed by atoms with Crippen molar-refractivity contribution in [2.45, 2.75) is 19.8 Å². The van der Waals surface area contributed by atoms with Crippen LogP contribution in [-0.4, -0.2) is 18.2 Å². The molecule has 1 aromatic heterocycles. The van der Waals surface area contributed by atoms with Crippen LogP contribution in [0.25, 0.3) is 0 Å². The fourth-order valence-corrected chi connectivity index (χ4v) is 1.99. The van der Waals surface area contributed by atoms with E-state index >= 15 is 0 Å². The van der Waals surface area contributed by atoms with E-state index in [2.05, 4.69) is 5.32 Å². The van der Waals surface area contributed by atoms with E-state index in [9.17, 15) is 9.59 Å². The van der Waals surface area contributed by atoms with Gasteiger partial charge in [0.2, 0.25) is 0 Å². The van der Waals surface area contributed by atoms with Crippen molar-refractivity contribution < 1.29 is 9.59 Å². The Balaban J connectivity index is 2.50. The molecule has 0 saturated carbocycles. The zero-order chi connectivity index (χ0) is 11.3. The van der Waals surface area contributed by atoms with Crippen molar-refractivity contribution in [3.8, 4) is 0 Å². The molecule has 0 unspecified atom stereocenters. The first kappa shape index (κ1) is 12.2. The summed E-state index contributed by atoms with van der Waals surface area (Å²) < 4.78 is 0.514. The topological polar surface area (TPSA) is 46.2 Å². The fourth-order valence-electron chi connectivity index (χ4n) is 1.01. The van der Waals surface area contributed by atoms with E-state index in [0.717, 1.165) is 24.2 Å². The second-order valence-electron chi connectivity index (χ2n) is 3.04. The maximum Gasteiger partial charge on any atom is 0.293 e. The zero-order valence-electron chi connectivity index (χ0n) is 8.38. The van der Waals surface area contributed by atoms with E-state index < -0.39 is 11.7 Å². The predicted molar refractivity (Wildman–Crippen MR) is 61.6 cm³/mol. The van der Waals surface area contributed by atoms with Crippen molar-refractivity contribution in [1.29, 1.82) is 0 Å². The van der Waals surface area contributed by atoms with Gasteiger partial charge in [-0.3, -0.25) is 9.59 Å². The molecule has 1 heterocycles. The average Bonchev–Trinajstić information content (AvgIpc) is 2.64. The molecule has 1 amide bonds. The van der Waals surface area contributed by atoms with Crippen molar-refractivity contribution >= 4 is 34.6 Å². The normalized spacial score (nSPS) is 10.0. The Morgan fingerprint density at radius 1 is 1.47 bits per heavy atom. The van der Waals surface area contributed by atoms with Gasteiger partial charge in [-0.15, -0.1) is 11.3 Å². The standard InChI is InChI=1S/C10H12ClNO2S/c1-2-3-6-12-10(14)9(13)7-4-5-8(11)15-7/h4-5H,2-3,6H2,1H3,(H,12,14). The molecule has 0 saturated heterocycles. The van der Waals surface area contributed by atoms with E-state index in [1.54, 1.807) is 12.1 Å². The third-order valence-corrected chi connectivity index (χ3v) is 3.05. The Labute approximate surface area is 97.4 Å². The Hall–Kier alpha value is -0.870. The molecule has 0 fully saturated rings. The van der Waals surface area contributed by atoms with Crippen molar-refractivity contribution in [2.75, 3.05) is 6.54 Å². The van der Waals surface area contributed by atoms with Crippen LogP contribution in [-0.2, 0) is 4.79 Å². The molecule has 0 aliphatic heterocycles. The van der Waals surface area contributed by atoms with Crippen LogP contribution in [0.15, 0.2) is 12.1 Å². The summed E-state index contributed by atoms with van der Waals surface area (Å²) in [4.78, 5) is 23.2. The molecule has 0 radical (unpaired) electrons. The van der Waals surface area contributed by atoms with E-state index in [4.69, 9.17) is 11.6 Å². The summed E-state index contributed by atoms with van der Waals surface area (Å²) in [6.07, 6.45) is 1.86. The highest BCUT2D eigenvalue weighted by atomic mass is 35.5. The number of nitrogens with one attached hydrogen (secondary N) is 1. The van der Waals surface area contributed by atoms with E-state index in [1.807, 2.05) is 6.92 Å². The van der Waals surface area contributed by atoms with Gasteiger partial charge in [-0.2, -0.15) is 0 Å². The van der Waals surface area contributed by atoms with Gasteiger partial charge in [-0.05, 0) is 18.6 Å². The summed E-state index contributed by atoms with van der Waals surface area (Å²) in [6.45, 7) is 2.56. The number of rotatable bonds is 5. The SMILES string of the molecule is CCCCNC(=O)C(=O)c1ccc(Cl)s1. The van der Waals surface area contributed by atoms with Gasteiger partial charge >= 0.3 is 0 Å². The number of carbonyl (C=O) groups is 2. The quantitative estimate of drug-likeness (QED) is 0.492. The Morgan fingerprint density at radius 3 is 2.73 bits per heavy atom. The summed E-state index contributed by atoms with van der Waals surface area (Å²) in [6, 6.07) is 3.17. The molecule has 1 rings (SSSR count). The summed E-state index contributed by atoms with van der Waals surface area (Å²) in [5.41, 5.74) is 0. The number of hydrogen-bond acceptors (Lipinski definition) is 3. The van der Waals surface area contributed by atoms with Crippen LogP contribution < -0.4 is 5.32 Å². The van der Waals surface area contributed by atoms with Gasteiger partial charge in [0.15, 0.2) is 0 Å². The van der Waals surface area contributed by atoms with Crippen LogP contribution >= 0.6 is 22.9 Å². The molecular weight excluding hydrogens is 234 g/mol. The molecule has 15 heavy (non-hydrogen) atoms. The van der Waals surface area contributed by atoms with E-state index in [0.29, 0.717) is 15.8 Å². The highest BCUT2D eigenvalue weighted by Crippen LogP contribution is 2.21. The molecule has 0 spiro atoms. The smallest absolute Gasteiger partial charge is 0.293 e. The number of amides is 1. The van der Waals surface area contributed by atoms with Gasteiger partial charge in [0.05, 0.1) is 9.21 Å². The number of ketones is 1. The van der Waals surface area contributed by atoms with Crippen LogP contribution in [0.1, 0.15) is 29.4 Å². The second-order valence-corrected chi connectivity index (χ2v) is 4.76. The first-order valence-corrected chi connectivity index (χ1v) is 5.92. The Bertz CT molecular complexity index is 362. The lowest BCUT2D eigenvalue weighted by Crippen LogP contribution is -2.31. The van der Waals surface area contributed by atoms with Crippen LogP contribution in [0.4, 0.5) is 0 Å². The second kappa shape index (κ2) is 5.88. The molecular formula is C10H12ClNO2S. The zero-order valence-corrected chi connectivity index (χ0v) is 9.95. The van der Waals surface area contributed by atoms with Crippen LogP contribution in [0, 0.1) is 0 Å². The Kier molecular flexibility index (Phi) is 4.78. The van der Waals surface area contributed by atoms with E-state index in [1.165, 1.54) is 0 Å². The van der Waals surface area contributed by atoms with Gasteiger partial charge in [0, 0.05) is 6.54 Å². The fraction of sp³-hybridized carbons (Fsp3) is 0.400. The predicted octanol–water partition coefficient (Wildman–Crippen LogP) is 2.50. The first-order valence-electron chi connectivity index (χ1n) is 4.73. The summed E-state index contributed by atoms with van der Waals surface area (Å²) in [5, 5.41) is 2.57. The van der Waals surface area contributed by atoms with Gasteiger partial charge in [-0.25, -0.2) is 0 Å². The number of halogens is 1. The molecule has 0 bridgehead atoms. The summed E-state index contributed by atoms with van der Waals surface area (Å²) in [5.74, 6) is -1.06. The molecule has 0 atom stereocenters. The van der Waals surface area contributed by atoms with Crippen molar-refractivity contribution in [2.24, 2.45) is 0 Å². The average molecular weight is 246 g/mol. The van der Waals surface area contributed by atoms with Crippen LogP contribution in [0.2, 0.25) is 4.34 Å². The highest BCUT2D eigenvalue weighted by molar-refractivity contribution is 7.18. The van der Waals surface area contributed by atoms with Gasteiger partial charge < -0.3 is 5.32 Å². The maximum absolute atomic E-state index is 11.5. The lowest BCUT2D eigenvalue weighted by Gasteiger charge is -2.01. The lowest BCUT2D eigenvalue weighted by atomic mass is 10.3.